The van der Waals surface area contributed by atoms with Gasteiger partial charge in [-0.1, -0.05) is 18.2 Å². The molecule has 7 nitrogen and oxygen atoms in total. The van der Waals surface area contributed by atoms with Gasteiger partial charge in [0.25, 0.3) is 0 Å². The Morgan fingerprint density at radius 3 is 2.47 bits per heavy atom. The highest BCUT2D eigenvalue weighted by atomic mass is 32.2. The van der Waals surface area contributed by atoms with E-state index in [1.54, 1.807) is 22.5 Å². The highest BCUT2D eigenvalue weighted by Gasteiger charge is 2.32. The third kappa shape index (κ3) is 5.26. The van der Waals surface area contributed by atoms with Crippen LogP contribution in [0.1, 0.15) is 10.6 Å². The third-order valence-electron chi connectivity index (χ3n) is 5.32. The van der Waals surface area contributed by atoms with E-state index in [4.69, 9.17) is 4.42 Å². The Bertz CT molecular complexity index is 1090. The lowest BCUT2D eigenvalue weighted by Gasteiger charge is -2.35. The number of hydrogen-bond donors (Lipinski definition) is 0. The van der Waals surface area contributed by atoms with E-state index in [-0.39, 0.29) is 43.5 Å². The highest BCUT2D eigenvalue weighted by molar-refractivity contribution is 7.89. The van der Waals surface area contributed by atoms with Crippen LogP contribution in [0.2, 0.25) is 0 Å². The number of halogens is 1. The summed E-state index contributed by atoms with van der Waals surface area (Å²) < 4.78 is 46.3. The molecule has 0 N–H and O–H groups in total. The summed E-state index contributed by atoms with van der Waals surface area (Å²) in [6.07, 6.45) is 1.61. The second-order valence-corrected chi connectivity index (χ2v) is 10.5. The number of sulfonamides is 1. The molecule has 1 aliphatic heterocycles. The molecule has 1 aliphatic rings. The SMILES string of the molecule is O=C(CN(Cc1ccco1)Cc1cccs1)N1CCN(S(=O)(=O)c2ccccc2F)CC1. The first-order chi connectivity index (χ1) is 15.4. The fraction of sp³-hybridized carbons (Fsp3) is 0.318. The lowest BCUT2D eigenvalue weighted by Crippen LogP contribution is -2.52. The highest BCUT2D eigenvalue weighted by Crippen LogP contribution is 2.21. The molecule has 0 bridgehead atoms. The largest absolute Gasteiger partial charge is 0.468 e. The third-order valence-corrected chi connectivity index (χ3v) is 8.12. The zero-order valence-electron chi connectivity index (χ0n) is 17.4. The van der Waals surface area contributed by atoms with Gasteiger partial charge in [0, 0.05) is 37.6 Å². The van der Waals surface area contributed by atoms with Crippen molar-refractivity contribution >= 4 is 27.3 Å². The average Bonchev–Trinajstić information content (AvgIpc) is 3.48. The molecule has 0 radical (unpaired) electrons. The Morgan fingerprint density at radius 1 is 1.03 bits per heavy atom. The van der Waals surface area contributed by atoms with Crippen molar-refractivity contribution in [1.82, 2.24) is 14.1 Å². The number of thiophene rings is 1. The number of carbonyl (C=O) groups is 1. The van der Waals surface area contributed by atoms with Gasteiger partial charge in [-0.15, -0.1) is 11.3 Å². The van der Waals surface area contributed by atoms with Gasteiger partial charge in [0.1, 0.15) is 16.5 Å². The number of piperazine rings is 1. The monoisotopic (exact) mass is 477 g/mol. The van der Waals surface area contributed by atoms with Gasteiger partial charge >= 0.3 is 0 Å². The predicted molar refractivity (Wildman–Crippen MR) is 119 cm³/mol. The Balaban J connectivity index is 1.38. The van der Waals surface area contributed by atoms with Crippen LogP contribution in [0.3, 0.4) is 0 Å². The number of carbonyl (C=O) groups excluding carboxylic acids is 1. The molecule has 4 rings (SSSR count). The molecule has 1 fully saturated rings. The Morgan fingerprint density at radius 2 is 1.81 bits per heavy atom. The number of amides is 1. The smallest absolute Gasteiger partial charge is 0.246 e. The average molecular weight is 478 g/mol. The van der Waals surface area contributed by atoms with Crippen LogP contribution in [0.4, 0.5) is 4.39 Å². The molecule has 0 aliphatic carbocycles. The summed E-state index contributed by atoms with van der Waals surface area (Å²) in [5.41, 5.74) is 0. The van der Waals surface area contributed by atoms with E-state index in [0.717, 1.165) is 16.7 Å². The maximum atomic E-state index is 14.0. The van der Waals surface area contributed by atoms with Crippen LogP contribution < -0.4 is 0 Å². The molecule has 3 heterocycles. The van der Waals surface area contributed by atoms with E-state index in [2.05, 4.69) is 0 Å². The molecule has 1 aromatic carbocycles. The zero-order valence-corrected chi connectivity index (χ0v) is 19.0. The standard InChI is InChI=1S/C22H24FN3O4S2/c23-20-7-1-2-8-21(20)32(28,29)26-11-9-25(10-12-26)22(27)17-24(15-18-5-3-13-30-18)16-19-6-4-14-31-19/h1-8,13-14H,9-12,15-17H2. The van der Waals surface area contributed by atoms with Crippen molar-refractivity contribution in [2.45, 2.75) is 18.0 Å². The first kappa shape index (κ1) is 22.7. The normalized spacial score (nSPS) is 15.4. The fourth-order valence-electron chi connectivity index (χ4n) is 3.68. The quantitative estimate of drug-likeness (QED) is 0.499. The van der Waals surface area contributed by atoms with Gasteiger partial charge in [-0.05, 0) is 35.7 Å². The summed E-state index contributed by atoms with van der Waals surface area (Å²) >= 11 is 1.63. The van der Waals surface area contributed by atoms with Crippen molar-refractivity contribution < 1.29 is 22.0 Å². The van der Waals surface area contributed by atoms with E-state index in [1.165, 1.54) is 22.5 Å². The lowest BCUT2D eigenvalue weighted by atomic mass is 10.3. The van der Waals surface area contributed by atoms with Gasteiger partial charge in [-0.3, -0.25) is 9.69 Å². The number of benzene rings is 1. The van der Waals surface area contributed by atoms with Gasteiger partial charge < -0.3 is 9.32 Å². The first-order valence-corrected chi connectivity index (χ1v) is 12.5. The maximum Gasteiger partial charge on any atom is 0.246 e. The first-order valence-electron chi connectivity index (χ1n) is 10.2. The molecule has 32 heavy (non-hydrogen) atoms. The number of rotatable bonds is 8. The molecule has 0 saturated carbocycles. The van der Waals surface area contributed by atoms with Crippen LogP contribution in [-0.2, 0) is 27.9 Å². The molecule has 170 valence electrons. The van der Waals surface area contributed by atoms with E-state index in [9.17, 15) is 17.6 Å². The van der Waals surface area contributed by atoms with Gasteiger partial charge in [0.15, 0.2) is 0 Å². The van der Waals surface area contributed by atoms with E-state index < -0.39 is 15.8 Å². The van der Waals surface area contributed by atoms with Crippen LogP contribution in [0.5, 0.6) is 0 Å². The van der Waals surface area contributed by atoms with Crippen LogP contribution in [0, 0.1) is 5.82 Å². The van der Waals surface area contributed by atoms with Gasteiger partial charge in [0.05, 0.1) is 19.4 Å². The minimum absolute atomic E-state index is 0.0731. The number of hydrogen-bond acceptors (Lipinski definition) is 6. The van der Waals surface area contributed by atoms with Gasteiger partial charge in [-0.2, -0.15) is 4.31 Å². The summed E-state index contributed by atoms with van der Waals surface area (Å²) in [4.78, 5) is 17.5. The van der Waals surface area contributed by atoms with Crippen LogP contribution in [-0.4, -0.2) is 61.2 Å². The molecule has 3 aromatic rings. The minimum atomic E-state index is -3.93. The number of nitrogens with zero attached hydrogens (tertiary/aromatic N) is 3. The van der Waals surface area contributed by atoms with Crippen molar-refractivity contribution in [2.24, 2.45) is 0 Å². The van der Waals surface area contributed by atoms with Crippen molar-refractivity contribution in [2.75, 3.05) is 32.7 Å². The fourth-order valence-corrected chi connectivity index (χ4v) is 5.91. The summed E-state index contributed by atoms with van der Waals surface area (Å²) in [5, 5.41) is 2.00. The van der Waals surface area contributed by atoms with Crippen LogP contribution in [0.25, 0.3) is 0 Å². The summed E-state index contributed by atoms with van der Waals surface area (Å²) in [5.74, 6) is -0.0700. The molecule has 1 amide bonds. The van der Waals surface area contributed by atoms with E-state index >= 15 is 0 Å². The molecule has 0 unspecified atom stereocenters. The van der Waals surface area contributed by atoms with Crippen molar-refractivity contribution in [3.8, 4) is 0 Å². The molecular weight excluding hydrogens is 453 g/mol. The summed E-state index contributed by atoms with van der Waals surface area (Å²) in [7, 11) is -3.93. The van der Waals surface area contributed by atoms with E-state index in [1.807, 2.05) is 34.5 Å². The Labute approximate surface area is 190 Å². The minimum Gasteiger partial charge on any atom is -0.468 e. The zero-order chi connectivity index (χ0) is 22.6. The predicted octanol–water partition coefficient (Wildman–Crippen LogP) is 3.02. The number of furan rings is 1. The van der Waals surface area contributed by atoms with Crippen molar-refractivity contribution in [3.05, 3.63) is 76.6 Å². The van der Waals surface area contributed by atoms with Crippen LogP contribution >= 0.6 is 11.3 Å². The lowest BCUT2D eigenvalue weighted by molar-refractivity contribution is -0.133. The second-order valence-electron chi connectivity index (χ2n) is 7.52. The molecule has 10 heteroatoms. The molecule has 2 aromatic heterocycles. The Hall–Kier alpha value is -2.53. The van der Waals surface area contributed by atoms with Gasteiger partial charge in [-0.25, -0.2) is 12.8 Å². The van der Waals surface area contributed by atoms with Gasteiger partial charge in [0.2, 0.25) is 15.9 Å². The molecule has 0 spiro atoms. The maximum absolute atomic E-state index is 14.0. The van der Waals surface area contributed by atoms with Crippen molar-refractivity contribution in [1.29, 1.82) is 0 Å². The van der Waals surface area contributed by atoms with Crippen LogP contribution in [0.15, 0.2) is 69.5 Å². The van der Waals surface area contributed by atoms with Crippen molar-refractivity contribution in [3.63, 3.8) is 0 Å². The Kier molecular flexibility index (Phi) is 7.04. The molecule has 0 atom stereocenters. The second kappa shape index (κ2) is 9.95. The summed E-state index contributed by atoms with van der Waals surface area (Å²) in [6.45, 7) is 2.10. The molecular formula is C22H24FN3O4S2. The van der Waals surface area contributed by atoms with E-state index in [0.29, 0.717) is 13.1 Å². The summed E-state index contributed by atoms with van der Waals surface area (Å²) in [6, 6.07) is 13.0. The molecule has 1 saturated heterocycles. The topological polar surface area (TPSA) is 74.1 Å².